The molecule has 0 spiro atoms. The number of sulfonamides is 1. The van der Waals surface area contributed by atoms with Gasteiger partial charge in [0.25, 0.3) is 10.0 Å². The van der Waals surface area contributed by atoms with Crippen molar-refractivity contribution in [2.75, 3.05) is 6.61 Å². The van der Waals surface area contributed by atoms with Gasteiger partial charge in [-0.05, 0) is 19.1 Å². The molecule has 0 atom stereocenters. The molecule has 2 rings (SSSR count). The van der Waals surface area contributed by atoms with Gasteiger partial charge in [-0.25, -0.2) is 18.5 Å². The van der Waals surface area contributed by atoms with Crippen molar-refractivity contribution in [3.05, 3.63) is 18.2 Å². The molecule has 0 amide bonds. The first-order valence-corrected chi connectivity index (χ1v) is 6.93. The first-order chi connectivity index (χ1) is 7.50. The van der Waals surface area contributed by atoms with Crippen LogP contribution in [0.1, 0.15) is 6.92 Å². The monoisotopic (exact) mass is 281 g/mol. The van der Waals surface area contributed by atoms with Crippen molar-refractivity contribution in [2.45, 2.75) is 11.3 Å². The van der Waals surface area contributed by atoms with Crippen LogP contribution >= 0.6 is 11.3 Å². The summed E-state index contributed by atoms with van der Waals surface area (Å²) in [7, 11) is -3.72. The molecule has 0 unspecified atom stereocenters. The van der Waals surface area contributed by atoms with Crippen molar-refractivity contribution < 1.29 is 13.2 Å². The van der Waals surface area contributed by atoms with E-state index in [2.05, 4.69) is 4.98 Å². The van der Waals surface area contributed by atoms with Gasteiger partial charge in [0.15, 0.2) is 0 Å². The predicted octanol–water partition coefficient (Wildman–Crippen LogP) is 0.962. The zero-order valence-electron chi connectivity index (χ0n) is 9.50. The molecule has 2 N–H and O–H groups in total. The molecule has 2 aromatic rings. The van der Waals surface area contributed by atoms with E-state index in [9.17, 15) is 8.42 Å². The van der Waals surface area contributed by atoms with Gasteiger partial charge in [0.1, 0.15) is 5.75 Å². The Hall–Kier alpha value is -0.180. The van der Waals surface area contributed by atoms with Gasteiger partial charge < -0.3 is 4.74 Å². The van der Waals surface area contributed by atoms with Crippen LogP contribution in [-0.4, -0.2) is 49.6 Å². The van der Waals surface area contributed by atoms with Crippen LogP contribution in [0.3, 0.4) is 0 Å². The number of hydrogen-bond donors (Lipinski definition) is 1. The quantitative estimate of drug-likeness (QED) is 0.850. The molecular formula is C9H10N2NaO3S2. The smallest absolute Gasteiger partial charge is 0.265 e. The molecule has 1 aromatic heterocycles. The van der Waals surface area contributed by atoms with E-state index in [1.54, 1.807) is 18.2 Å². The molecule has 0 saturated carbocycles. The summed E-state index contributed by atoms with van der Waals surface area (Å²) in [6, 6.07) is 5.24. The Labute approximate surface area is 125 Å². The van der Waals surface area contributed by atoms with E-state index in [0.717, 1.165) is 16.0 Å². The molecule has 0 bridgehead atoms. The number of hydrogen-bond acceptors (Lipinski definition) is 5. The third kappa shape index (κ3) is 3.40. The van der Waals surface area contributed by atoms with Crippen LogP contribution in [0.2, 0.25) is 0 Å². The fourth-order valence-corrected chi connectivity index (χ4v) is 2.90. The van der Waals surface area contributed by atoms with Gasteiger partial charge in [-0.1, -0.05) is 0 Å². The third-order valence-electron chi connectivity index (χ3n) is 1.89. The zero-order chi connectivity index (χ0) is 11.8. The molecule has 0 aliphatic rings. The first kappa shape index (κ1) is 14.9. The van der Waals surface area contributed by atoms with E-state index >= 15 is 0 Å². The molecule has 1 aromatic carbocycles. The number of primary sulfonamides is 1. The molecule has 87 valence electrons. The first-order valence-electron chi connectivity index (χ1n) is 4.57. The van der Waals surface area contributed by atoms with E-state index in [4.69, 9.17) is 9.88 Å². The van der Waals surface area contributed by atoms with Crippen LogP contribution in [0, 0.1) is 0 Å². The van der Waals surface area contributed by atoms with Crippen LogP contribution in [0.25, 0.3) is 10.2 Å². The minimum absolute atomic E-state index is 0. The Morgan fingerprint density at radius 3 is 2.76 bits per heavy atom. The van der Waals surface area contributed by atoms with Crippen molar-refractivity contribution in [1.29, 1.82) is 0 Å². The predicted molar refractivity (Wildman–Crippen MR) is 67.9 cm³/mol. The van der Waals surface area contributed by atoms with Gasteiger partial charge in [-0.2, -0.15) is 0 Å². The fourth-order valence-electron chi connectivity index (χ4n) is 1.26. The van der Waals surface area contributed by atoms with E-state index in [1.807, 2.05) is 6.92 Å². The second-order valence-corrected chi connectivity index (χ2v) is 5.85. The Bertz CT molecular complexity index is 624. The maximum atomic E-state index is 11.1. The van der Waals surface area contributed by atoms with Gasteiger partial charge in [0.2, 0.25) is 4.34 Å². The Kier molecular flexibility index (Phi) is 4.94. The molecular weight excluding hydrogens is 271 g/mol. The zero-order valence-corrected chi connectivity index (χ0v) is 13.1. The molecule has 1 radical (unpaired) electrons. The molecule has 0 aliphatic heterocycles. The fraction of sp³-hybridized carbons (Fsp3) is 0.222. The van der Waals surface area contributed by atoms with E-state index in [-0.39, 0.29) is 33.9 Å². The summed E-state index contributed by atoms with van der Waals surface area (Å²) >= 11 is 1.05. The standard InChI is InChI=1S/C9H10N2O3S2.Na/c1-2-14-6-3-4-8-7(5-6)11-9(15-8)16(10,12)13;/h3-5H,2H2,1H3,(H2,10,12,13);. The average molecular weight is 281 g/mol. The molecule has 5 nitrogen and oxygen atoms in total. The minimum Gasteiger partial charge on any atom is -0.494 e. The summed E-state index contributed by atoms with van der Waals surface area (Å²) in [6.45, 7) is 2.43. The van der Waals surface area contributed by atoms with Gasteiger partial charge in [-0.15, -0.1) is 11.3 Å². The van der Waals surface area contributed by atoms with Crippen LogP contribution in [0.15, 0.2) is 22.5 Å². The summed E-state index contributed by atoms with van der Waals surface area (Å²) in [4.78, 5) is 3.95. The Morgan fingerprint density at radius 2 is 2.18 bits per heavy atom. The number of rotatable bonds is 3. The maximum absolute atomic E-state index is 11.1. The Morgan fingerprint density at radius 1 is 1.47 bits per heavy atom. The number of ether oxygens (including phenoxy) is 1. The van der Waals surface area contributed by atoms with Crippen molar-refractivity contribution in [2.24, 2.45) is 5.14 Å². The van der Waals surface area contributed by atoms with E-state index < -0.39 is 10.0 Å². The van der Waals surface area contributed by atoms with Crippen molar-refractivity contribution >= 4 is 61.1 Å². The van der Waals surface area contributed by atoms with Crippen molar-refractivity contribution in [3.8, 4) is 5.75 Å². The largest absolute Gasteiger partial charge is 0.494 e. The third-order valence-corrected chi connectivity index (χ3v) is 4.25. The summed E-state index contributed by atoms with van der Waals surface area (Å²) in [5.74, 6) is 0.668. The van der Waals surface area contributed by atoms with Gasteiger partial charge in [-0.3, -0.25) is 0 Å². The second-order valence-electron chi connectivity index (χ2n) is 3.09. The van der Waals surface area contributed by atoms with Crippen molar-refractivity contribution in [1.82, 2.24) is 4.98 Å². The van der Waals surface area contributed by atoms with E-state index in [1.165, 1.54) is 0 Å². The molecule has 17 heavy (non-hydrogen) atoms. The summed E-state index contributed by atoms with van der Waals surface area (Å²) < 4.78 is 28.2. The van der Waals surface area contributed by atoms with Gasteiger partial charge >= 0.3 is 0 Å². The molecule has 0 aliphatic carbocycles. The van der Waals surface area contributed by atoms with Gasteiger partial charge in [0.05, 0.1) is 16.8 Å². The van der Waals surface area contributed by atoms with Crippen LogP contribution in [0.5, 0.6) is 5.75 Å². The molecule has 0 fully saturated rings. The SMILES string of the molecule is CCOc1ccc2sc(S(N)(=O)=O)nc2c1.[Na]. The van der Waals surface area contributed by atoms with Crippen LogP contribution in [0.4, 0.5) is 0 Å². The summed E-state index contributed by atoms with van der Waals surface area (Å²) in [6.07, 6.45) is 0. The maximum Gasteiger partial charge on any atom is 0.265 e. The van der Waals surface area contributed by atoms with Gasteiger partial charge in [0, 0.05) is 35.6 Å². The number of aromatic nitrogens is 1. The number of thiazole rings is 1. The summed E-state index contributed by atoms with van der Waals surface area (Å²) in [5.41, 5.74) is 0.583. The number of nitrogens with zero attached hydrogens (tertiary/aromatic N) is 1. The number of nitrogens with two attached hydrogens (primary N) is 1. The molecule has 0 saturated heterocycles. The average Bonchev–Trinajstić information content (AvgIpc) is 2.60. The topological polar surface area (TPSA) is 82.3 Å². The summed E-state index contributed by atoms with van der Waals surface area (Å²) in [5, 5.41) is 5.01. The normalized spacial score (nSPS) is 11.2. The minimum atomic E-state index is -3.72. The number of fused-ring (bicyclic) bond motifs is 1. The van der Waals surface area contributed by atoms with Crippen LogP contribution in [-0.2, 0) is 10.0 Å². The van der Waals surface area contributed by atoms with Crippen LogP contribution < -0.4 is 9.88 Å². The van der Waals surface area contributed by atoms with E-state index in [0.29, 0.717) is 17.9 Å². The number of benzene rings is 1. The molecule has 1 heterocycles. The second kappa shape index (κ2) is 5.64. The van der Waals surface area contributed by atoms with Crippen molar-refractivity contribution in [3.63, 3.8) is 0 Å². The molecule has 8 heteroatoms. The Balaban J connectivity index is 0.00000144.